The number of fused-ring (bicyclic) bond motifs is 1. The zero-order valence-electron chi connectivity index (χ0n) is 19.2. The highest BCUT2D eigenvalue weighted by Crippen LogP contribution is 2.25. The third-order valence-electron chi connectivity index (χ3n) is 6.55. The van der Waals surface area contributed by atoms with Gasteiger partial charge in [0.05, 0.1) is 12.1 Å². The maximum Gasteiger partial charge on any atom is 0.228 e. The average molecular weight is 440 g/mol. The van der Waals surface area contributed by atoms with Crippen LogP contribution in [0.4, 0.5) is 11.5 Å². The zero-order valence-corrected chi connectivity index (χ0v) is 19.2. The molecule has 4 aromatic rings. The summed E-state index contributed by atoms with van der Waals surface area (Å²) in [5.41, 5.74) is 4.74. The Hall–Kier alpha value is -3.67. The Morgan fingerprint density at radius 2 is 1.76 bits per heavy atom. The van der Waals surface area contributed by atoms with E-state index in [0.29, 0.717) is 6.42 Å². The number of nitrogens with zero attached hydrogens (tertiary/aromatic N) is 4. The fourth-order valence-corrected chi connectivity index (χ4v) is 4.55. The number of nitrogens with one attached hydrogen (secondary N) is 1. The molecule has 0 aliphatic carbocycles. The fourth-order valence-electron chi connectivity index (χ4n) is 4.55. The van der Waals surface area contributed by atoms with E-state index in [1.807, 2.05) is 55.7 Å². The molecule has 0 bridgehead atoms. The van der Waals surface area contributed by atoms with Crippen molar-refractivity contribution in [1.82, 2.24) is 14.8 Å². The van der Waals surface area contributed by atoms with E-state index in [4.69, 9.17) is 0 Å². The van der Waals surface area contributed by atoms with E-state index < -0.39 is 0 Å². The first-order valence-electron chi connectivity index (χ1n) is 11.6. The summed E-state index contributed by atoms with van der Waals surface area (Å²) < 4.78 is 2.06. The monoisotopic (exact) mass is 439 g/mol. The Bertz CT molecular complexity index is 1250. The van der Waals surface area contributed by atoms with Crippen LogP contribution in [0.2, 0.25) is 0 Å². The van der Waals surface area contributed by atoms with Gasteiger partial charge in [-0.15, -0.1) is 10.2 Å². The van der Waals surface area contributed by atoms with Crippen molar-refractivity contribution < 1.29 is 4.79 Å². The molecule has 5 rings (SSSR count). The number of hydrogen-bond acceptors (Lipinski definition) is 4. The lowest BCUT2D eigenvalue weighted by Crippen LogP contribution is -2.33. The van der Waals surface area contributed by atoms with Crippen LogP contribution in [0.25, 0.3) is 22.2 Å². The molecule has 1 saturated heterocycles. The summed E-state index contributed by atoms with van der Waals surface area (Å²) in [7, 11) is 2.00. The molecule has 2 aromatic heterocycles. The highest BCUT2D eigenvalue weighted by molar-refractivity contribution is 5.96. The predicted molar refractivity (Wildman–Crippen MR) is 133 cm³/mol. The number of aryl methyl sites for hydroxylation is 1. The number of piperidine rings is 1. The second kappa shape index (κ2) is 9.06. The minimum atomic E-state index is -0.0286. The van der Waals surface area contributed by atoms with E-state index in [9.17, 15) is 4.79 Å². The standard InChI is InChI=1S/C27H29N5O/c1-19-13-15-32(16-14-19)26-12-11-24(29-30-26)20-7-9-22(10-8-20)28-27(33)17-21-18-31(2)25-6-4-3-5-23(21)25/h3-12,18-19H,13-17H2,1-2H3,(H,28,33). The number of para-hydroxylation sites is 1. The van der Waals surface area contributed by atoms with Crippen molar-refractivity contribution in [2.24, 2.45) is 13.0 Å². The highest BCUT2D eigenvalue weighted by Gasteiger charge is 2.17. The Labute approximate surface area is 194 Å². The van der Waals surface area contributed by atoms with Crippen molar-refractivity contribution in [3.63, 3.8) is 0 Å². The molecule has 1 aliphatic heterocycles. The van der Waals surface area contributed by atoms with Crippen LogP contribution < -0.4 is 10.2 Å². The van der Waals surface area contributed by atoms with Crippen molar-refractivity contribution in [2.75, 3.05) is 23.3 Å². The molecule has 33 heavy (non-hydrogen) atoms. The third kappa shape index (κ3) is 4.60. The van der Waals surface area contributed by atoms with Gasteiger partial charge in [0.1, 0.15) is 0 Å². The summed E-state index contributed by atoms with van der Waals surface area (Å²) in [6.07, 6.45) is 4.78. The molecule has 1 fully saturated rings. The van der Waals surface area contributed by atoms with Crippen LogP contribution >= 0.6 is 0 Å². The van der Waals surface area contributed by atoms with Gasteiger partial charge in [0.2, 0.25) is 5.91 Å². The summed E-state index contributed by atoms with van der Waals surface area (Å²) >= 11 is 0. The van der Waals surface area contributed by atoms with Gasteiger partial charge in [-0.25, -0.2) is 0 Å². The van der Waals surface area contributed by atoms with E-state index >= 15 is 0 Å². The van der Waals surface area contributed by atoms with E-state index in [1.54, 1.807) is 0 Å². The van der Waals surface area contributed by atoms with Crippen LogP contribution in [0.15, 0.2) is 66.9 Å². The van der Waals surface area contributed by atoms with Crippen molar-refractivity contribution in [3.05, 3.63) is 72.4 Å². The minimum absolute atomic E-state index is 0.0286. The molecule has 2 aromatic carbocycles. The molecule has 6 nitrogen and oxygen atoms in total. The van der Waals surface area contributed by atoms with Gasteiger partial charge in [-0.2, -0.15) is 0 Å². The van der Waals surface area contributed by atoms with Gasteiger partial charge in [0.15, 0.2) is 5.82 Å². The number of benzene rings is 2. The number of rotatable bonds is 5. The molecule has 0 spiro atoms. The second-order valence-electron chi connectivity index (χ2n) is 9.03. The smallest absolute Gasteiger partial charge is 0.228 e. The topological polar surface area (TPSA) is 63.1 Å². The van der Waals surface area contributed by atoms with Crippen LogP contribution in [0.3, 0.4) is 0 Å². The third-order valence-corrected chi connectivity index (χ3v) is 6.55. The van der Waals surface area contributed by atoms with Gasteiger partial charge in [-0.1, -0.05) is 37.3 Å². The molecular formula is C27H29N5O. The number of carbonyl (C=O) groups is 1. The van der Waals surface area contributed by atoms with Crippen LogP contribution in [-0.4, -0.2) is 33.8 Å². The van der Waals surface area contributed by atoms with Crippen molar-refractivity contribution in [1.29, 1.82) is 0 Å². The van der Waals surface area contributed by atoms with Crippen LogP contribution in [0.5, 0.6) is 0 Å². The Morgan fingerprint density at radius 1 is 1.00 bits per heavy atom. The molecule has 1 amide bonds. The van der Waals surface area contributed by atoms with Gasteiger partial charge < -0.3 is 14.8 Å². The lowest BCUT2D eigenvalue weighted by Gasteiger charge is -2.30. The number of carbonyl (C=O) groups excluding carboxylic acids is 1. The lowest BCUT2D eigenvalue weighted by atomic mass is 9.99. The van der Waals surface area contributed by atoms with Gasteiger partial charge in [-0.3, -0.25) is 4.79 Å². The van der Waals surface area contributed by atoms with Gasteiger partial charge >= 0.3 is 0 Å². The summed E-state index contributed by atoms with van der Waals surface area (Å²) in [6, 6.07) is 20.0. The number of anilines is 2. The molecule has 0 unspecified atom stereocenters. The summed E-state index contributed by atoms with van der Waals surface area (Å²) in [6.45, 7) is 4.40. The Kier molecular flexibility index (Phi) is 5.82. The van der Waals surface area contributed by atoms with Crippen LogP contribution in [-0.2, 0) is 18.3 Å². The van der Waals surface area contributed by atoms with Crippen LogP contribution in [0.1, 0.15) is 25.3 Å². The molecule has 3 heterocycles. The summed E-state index contributed by atoms with van der Waals surface area (Å²) in [5, 5.41) is 13.0. The van der Waals surface area contributed by atoms with Crippen molar-refractivity contribution in [3.8, 4) is 11.3 Å². The quantitative estimate of drug-likeness (QED) is 0.473. The first-order valence-corrected chi connectivity index (χ1v) is 11.6. The van der Waals surface area contributed by atoms with E-state index in [0.717, 1.165) is 58.2 Å². The van der Waals surface area contributed by atoms with E-state index in [2.05, 4.69) is 50.1 Å². The lowest BCUT2D eigenvalue weighted by molar-refractivity contribution is -0.115. The molecule has 1 aliphatic rings. The van der Waals surface area contributed by atoms with Gasteiger partial charge in [0.25, 0.3) is 0 Å². The van der Waals surface area contributed by atoms with Gasteiger partial charge in [0, 0.05) is 48.5 Å². The first kappa shape index (κ1) is 21.2. The van der Waals surface area contributed by atoms with E-state index in [1.165, 1.54) is 12.8 Å². The number of hydrogen-bond donors (Lipinski definition) is 1. The zero-order chi connectivity index (χ0) is 22.8. The fraction of sp³-hybridized carbons (Fsp3) is 0.296. The molecule has 0 radical (unpaired) electrons. The Morgan fingerprint density at radius 3 is 2.48 bits per heavy atom. The number of amides is 1. The first-order chi connectivity index (χ1) is 16.1. The maximum atomic E-state index is 12.7. The molecule has 1 N–H and O–H groups in total. The second-order valence-corrected chi connectivity index (χ2v) is 9.03. The molecule has 6 heteroatoms. The number of aromatic nitrogens is 3. The van der Waals surface area contributed by atoms with E-state index in [-0.39, 0.29) is 5.91 Å². The highest BCUT2D eigenvalue weighted by atomic mass is 16.1. The molecule has 0 saturated carbocycles. The van der Waals surface area contributed by atoms with Crippen molar-refractivity contribution >= 4 is 28.3 Å². The molecule has 0 atom stereocenters. The maximum absolute atomic E-state index is 12.7. The normalized spacial score (nSPS) is 14.5. The predicted octanol–water partition coefficient (Wildman–Crippen LogP) is 5.05. The Balaban J connectivity index is 1.22. The summed E-state index contributed by atoms with van der Waals surface area (Å²) in [5.74, 6) is 1.71. The molecular weight excluding hydrogens is 410 g/mol. The van der Waals surface area contributed by atoms with Crippen LogP contribution in [0, 0.1) is 5.92 Å². The minimum Gasteiger partial charge on any atom is -0.355 e. The summed E-state index contributed by atoms with van der Waals surface area (Å²) in [4.78, 5) is 15.0. The van der Waals surface area contributed by atoms with Gasteiger partial charge in [-0.05, 0) is 54.7 Å². The largest absolute Gasteiger partial charge is 0.355 e. The molecule has 168 valence electrons. The average Bonchev–Trinajstić information content (AvgIpc) is 3.15. The SMILES string of the molecule is CC1CCN(c2ccc(-c3ccc(NC(=O)Cc4cn(C)c5ccccc45)cc3)nn2)CC1. The van der Waals surface area contributed by atoms with Crippen molar-refractivity contribution in [2.45, 2.75) is 26.2 Å².